The minimum atomic E-state index is -0.177. The summed E-state index contributed by atoms with van der Waals surface area (Å²) in [7, 11) is 0. The molecular formula is C18H19BrN2O2S. The summed E-state index contributed by atoms with van der Waals surface area (Å²) in [6.07, 6.45) is 1.57. The number of carbonyl (C=O) groups excluding carboxylic acids is 1. The molecule has 0 radical (unpaired) electrons. The number of nitrogens with one attached hydrogen (secondary N) is 1. The highest BCUT2D eigenvalue weighted by Crippen LogP contribution is 2.17. The van der Waals surface area contributed by atoms with Crippen LogP contribution in [0.25, 0.3) is 0 Å². The standard InChI is InChI=1S/C18H19BrN2O2S/c1-14-6-8-16(9-7-14)24-11-10-20-18(22)13-23-21-12-15-4-2-3-5-17(15)19/h2-9,12H,10-11,13H2,1H3,(H,20,22)/b21-12-. The molecule has 0 heterocycles. The zero-order valence-electron chi connectivity index (χ0n) is 13.4. The van der Waals surface area contributed by atoms with Crippen molar-refractivity contribution in [3.8, 4) is 0 Å². The van der Waals surface area contributed by atoms with Crippen molar-refractivity contribution < 1.29 is 9.63 Å². The van der Waals surface area contributed by atoms with Crippen LogP contribution in [0.3, 0.4) is 0 Å². The van der Waals surface area contributed by atoms with Gasteiger partial charge >= 0.3 is 0 Å². The Balaban J connectivity index is 1.60. The average Bonchev–Trinajstić information content (AvgIpc) is 2.58. The van der Waals surface area contributed by atoms with E-state index in [9.17, 15) is 4.79 Å². The Hall–Kier alpha value is -1.79. The molecule has 0 aliphatic carbocycles. The summed E-state index contributed by atoms with van der Waals surface area (Å²) in [5.74, 6) is 0.637. The van der Waals surface area contributed by atoms with Gasteiger partial charge in [0.15, 0.2) is 6.61 Å². The van der Waals surface area contributed by atoms with E-state index in [0.29, 0.717) is 6.54 Å². The van der Waals surface area contributed by atoms with Gasteiger partial charge in [-0.15, -0.1) is 11.8 Å². The lowest BCUT2D eigenvalue weighted by Gasteiger charge is -2.05. The van der Waals surface area contributed by atoms with Crippen LogP contribution in [0.5, 0.6) is 0 Å². The fourth-order valence-corrected chi connectivity index (χ4v) is 2.97. The number of carbonyl (C=O) groups is 1. The topological polar surface area (TPSA) is 50.7 Å². The molecule has 0 saturated heterocycles. The fraction of sp³-hybridized carbons (Fsp3) is 0.222. The molecule has 24 heavy (non-hydrogen) atoms. The first-order valence-electron chi connectivity index (χ1n) is 7.51. The van der Waals surface area contributed by atoms with Crippen LogP contribution in [0.15, 0.2) is 63.1 Å². The average molecular weight is 407 g/mol. The molecule has 0 atom stereocenters. The summed E-state index contributed by atoms with van der Waals surface area (Å²) in [6, 6.07) is 16.0. The number of hydrogen-bond acceptors (Lipinski definition) is 4. The minimum absolute atomic E-state index is 0.0872. The smallest absolute Gasteiger partial charge is 0.260 e. The van der Waals surface area contributed by atoms with Crippen LogP contribution in [0.4, 0.5) is 0 Å². The van der Waals surface area contributed by atoms with E-state index in [0.717, 1.165) is 15.8 Å². The number of hydrogen-bond donors (Lipinski definition) is 1. The molecule has 0 aliphatic heterocycles. The van der Waals surface area contributed by atoms with Gasteiger partial charge < -0.3 is 10.2 Å². The second-order valence-electron chi connectivity index (χ2n) is 5.04. The summed E-state index contributed by atoms with van der Waals surface area (Å²) in [4.78, 5) is 17.9. The predicted molar refractivity (Wildman–Crippen MR) is 103 cm³/mol. The molecule has 0 aliphatic rings. The van der Waals surface area contributed by atoms with Crippen LogP contribution in [0.1, 0.15) is 11.1 Å². The maximum atomic E-state index is 11.6. The normalized spacial score (nSPS) is 10.8. The van der Waals surface area contributed by atoms with E-state index in [4.69, 9.17) is 4.84 Å². The number of aryl methyl sites for hydroxylation is 1. The number of nitrogens with zero attached hydrogens (tertiary/aromatic N) is 1. The number of thioether (sulfide) groups is 1. The molecule has 0 fully saturated rings. The van der Waals surface area contributed by atoms with Crippen molar-refractivity contribution in [1.29, 1.82) is 0 Å². The van der Waals surface area contributed by atoms with Gasteiger partial charge in [0, 0.05) is 27.2 Å². The molecule has 0 aromatic heterocycles. The highest BCUT2D eigenvalue weighted by atomic mass is 79.9. The first-order valence-corrected chi connectivity index (χ1v) is 9.29. The van der Waals surface area contributed by atoms with Crippen LogP contribution in [-0.4, -0.2) is 31.0 Å². The van der Waals surface area contributed by atoms with E-state index in [1.165, 1.54) is 10.5 Å². The van der Waals surface area contributed by atoms with Crippen LogP contribution in [0.2, 0.25) is 0 Å². The van der Waals surface area contributed by atoms with Gasteiger partial charge in [0.05, 0.1) is 6.21 Å². The van der Waals surface area contributed by atoms with Gasteiger partial charge in [-0.05, 0) is 25.1 Å². The Morgan fingerprint density at radius 2 is 2.00 bits per heavy atom. The van der Waals surface area contributed by atoms with E-state index < -0.39 is 0 Å². The van der Waals surface area contributed by atoms with Crippen molar-refractivity contribution in [3.05, 3.63) is 64.1 Å². The zero-order chi connectivity index (χ0) is 17.2. The molecular weight excluding hydrogens is 388 g/mol. The van der Waals surface area contributed by atoms with Crippen LogP contribution in [0, 0.1) is 6.92 Å². The number of halogens is 1. The van der Waals surface area contributed by atoms with E-state index in [-0.39, 0.29) is 12.5 Å². The van der Waals surface area contributed by atoms with Crippen LogP contribution < -0.4 is 5.32 Å². The fourth-order valence-electron chi connectivity index (χ4n) is 1.81. The molecule has 6 heteroatoms. The first-order chi connectivity index (χ1) is 11.6. The lowest BCUT2D eigenvalue weighted by molar-refractivity contribution is -0.125. The van der Waals surface area contributed by atoms with Crippen molar-refractivity contribution in [3.63, 3.8) is 0 Å². The highest BCUT2D eigenvalue weighted by Gasteiger charge is 2.01. The summed E-state index contributed by atoms with van der Waals surface area (Å²) < 4.78 is 0.926. The number of amides is 1. The predicted octanol–water partition coefficient (Wildman–Crippen LogP) is 4.02. The summed E-state index contributed by atoms with van der Waals surface area (Å²) in [6.45, 7) is 2.57. The molecule has 1 amide bonds. The Morgan fingerprint density at radius 1 is 1.25 bits per heavy atom. The highest BCUT2D eigenvalue weighted by molar-refractivity contribution is 9.10. The van der Waals surface area contributed by atoms with Crippen LogP contribution >= 0.6 is 27.7 Å². The summed E-state index contributed by atoms with van der Waals surface area (Å²) in [5, 5.41) is 6.61. The maximum absolute atomic E-state index is 11.6. The Bertz CT molecular complexity index is 690. The van der Waals surface area contributed by atoms with Gasteiger partial charge in [-0.25, -0.2) is 0 Å². The second kappa shape index (κ2) is 10.2. The largest absolute Gasteiger partial charge is 0.386 e. The van der Waals surface area contributed by atoms with Crippen molar-refractivity contribution in [2.24, 2.45) is 5.16 Å². The van der Waals surface area contributed by atoms with Crippen molar-refractivity contribution in [2.45, 2.75) is 11.8 Å². The van der Waals surface area contributed by atoms with Gasteiger partial charge in [0.2, 0.25) is 0 Å². The third-order valence-corrected chi connectivity index (χ3v) is 4.82. The van der Waals surface area contributed by atoms with Crippen molar-refractivity contribution in [2.75, 3.05) is 18.9 Å². The third kappa shape index (κ3) is 6.76. The molecule has 0 spiro atoms. The molecule has 1 N–H and O–H groups in total. The molecule has 0 saturated carbocycles. The Morgan fingerprint density at radius 3 is 2.75 bits per heavy atom. The lowest BCUT2D eigenvalue weighted by Crippen LogP contribution is -2.28. The summed E-state index contributed by atoms with van der Waals surface area (Å²) >= 11 is 5.12. The number of rotatable bonds is 8. The summed E-state index contributed by atoms with van der Waals surface area (Å²) in [5.41, 5.74) is 2.14. The Labute approximate surface area is 154 Å². The zero-order valence-corrected chi connectivity index (χ0v) is 15.8. The van der Waals surface area contributed by atoms with Crippen LogP contribution in [-0.2, 0) is 9.63 Å². The molecule has 4 nitrogen and oxygen atoms in total. The minimum Gasteiger partial charge on any atom is -0.386 e. The Kier molecular flexibility index (Phi) is 7.85. The van der Waals surface area contributed by atoms with E-state index in [1.807, 2.05) is 24.3 Å². The van der Waals surface area contributed by atoms with Gasteiger partial charge in [-0.3, -0.25) is 4.79 Å². The lowest BCUT2D eigenvalue weighted by atomic mass is 10.2. The van der Waals surface area contributed by atoms with E-state index in [1.54, 1.807) is 18.0 Å². The number of oxime groups is 1. The molecule has 2 aromatic carbocycles. The first kappa shape index (κ1) is 18.5. The molecule has 0 bridgehead atoms. The van der Waals surface area contributed by atoms with Gasteiger partial charge in [0.1, 0.15) is 0 Å². The van der Waals surface area contributed by atoms with E-state index in [2.05, 4.69) is 57.6 Å². The second-order valence-corrected chi connectivity index (χ2v) is 7.06. The maximum Gasteiger partial charge on any atom is 0.260 e. The van der Waals surface area contributed by atoms with Gasteiger partial charge in [0.25, 0.3) is 5.91 Å². The van der Waals surface area contributed by atoms with Gasteiger partial charge in [-0.1, -0.05) is 57.0 Å². The molecule has 126 valence electrons. The van der Waals surface area contributed by atoms with E-state index >= 15 is 0 Å². The monoisotopic (exact) mass is 406 g/mol. The molecule has 2 aromatic rings. The molecule has 0 unspecified atom stereocenters. The van der Waals surface area contributed by atoms with Gasteiger partial charge in [-0.2, -0.15) is 0 Å². The van der Waals surface area contributed by atoms with Crippen molar-refractivity contribution in [1.82, 2.24) is 5.32 Å². The SMILES string of the molecule is Cc1ccc(SCCNC(=O)CO/N=C\c2ccccc2Br)cc1. The van der Waals surface area contributed by atoms with Crippen molar-refractivity contribution >= 4 is 39.8 Å². The molecule has 2 rings (SSSR count). The third-order valence-electron chi connectivity index (χ3n) is 3.08. The quantitative estimate of drug-likeness (QED) is 0.311. The number of benzene rings is 2.